The first kappa shape index (κ1) is 14.3. The van der Waals surface area contributed by atoms with Gasteiger partial charge in [-0.3, -0.25) is 4.79 Å². The molecule has 0 saturated heterocycles. The molecule has 0 bridgehead atoms. The van der Waals surface area contributed by atoms with E-state index in [1.54, 1.807) is 0 Å². The first-order valence-electron chi connectivity index (χ1n) is 5.84. The van der Waals surface area contributed by atoms with Gasteiger partial charge in [-0.15, -0.1) is 0 Å². The van der Waals surface area contributed by atoms with Crippen LogP contribution in [-0.4, -0.2) is 10.7 Å². The van der Waals surface area contributed by atoms with E-state index in [4.69, 9.17) is 4.42 Å². The fourth-order valence-electron chi connectivity index (χ4n) is 1.75. The van der Waals surface area contributed by atoms with Crippen molar-refractivity contribution in [2.75, 3.05) is 0 Å². The zero-order valence-electron chi connectivity index (χ0n) is 11.0. The van der Waals surface area contributed by atoms with Crippen molar-refractivity contribution in [2.45, 2.75) is 45.5 Å². The van der Waals surface area contributed by atoms with E-state index in [-0.39, 0.29) is 22.7 Å². The van der Waals surface area contributed by atoms with Crippen molar-refractivity contribution in [1.82, 2.24) is 5.32 Å². The van der Waals surface area contributed by atoms with E-state index in [0.717, 1.165) is 17.1 Å². The van der Waals surface area contributed by atoms with E-state index in [0.29, 0.717) is 0 Å². The molecule has 4 heteroatoms. The number of rotatable bonds is 4. The number of nitrogens with one attached hydrogen (secondary N) is 1. The minimum absolute atomic E-state index is 0.0192. The molecule has 17 heavy (non-hydrogen) atoms. The molecule has 1 amide bonds. The summed E-state index contributed by atoms with van der Waals surface area (Å²) in [6, 6.07) is 1.94. The molecule has 3 nitrogen and oxygen atoms in total. The Morgan fingerprint density at radius 1 is 1.35 bits per heavy atom. The van der Waals surface area contributed by atoms with Crippen LogP contribution in [0.15, 0.2) is 10.5 Å². The average molecular weight is 302 g/mol. The van der Waals surface area contributed by atoms with Crippen molar-refractivity contribution in [1.29, 1.82) is 0 Å². The van der Waals surface area contributed by atoms with Gasteiger partial charge in [0.05, 0.1) is 10.9 Å². The summed E-state index contributed by atoms with van der Waals surface area (Å²) in [6.07, 6.45) is 0. The maximum absolute atomic E-state index is 11.9. The van der Waals surface area contributed by atoms with Gasteiger partial charge in [-0.05, 0) is 32.8 Å². The number of carbonyl (C=O) groups is 1. The fraction of sp³-hybridized carbons (Fsp3) is 0.615. The minimum Gasteiger partial charge on any atom is -0.466 e. The molecule has 0 aliphatic rings. The van der Waals surface area contributed by atoms with Crippen LogP contribution in [0, 0.1) is 19.8 Å². The predicted molar refractivity (Wildman–Crippen MR) is 72.3 cm³/mol. The van der Waals surface area contributed by atoms with E-state index in [2.05, 4.69) is 21.2 Å². The van der Waals surface area contributed by atoms with Crippen LogP contribution >= 0.6 is 15.9 Å². The summed E-state index contributed by atoms with van der Waals surface area (Å²) in [6.45, 7) is 9.81. The highest BCUT2D eigenvalue weighted by Gasteiger charge is 2.22. The molecule has 0 aliphatic carbocycles. The maximum Gasteiger partial charge on any atom is 0.234 e. The number of aryl methyl sites for hydroxylation is 2. The van der Waals surface area contributed by atoms with Gasteiger partial charge in [0.15, 0.2) is 0 Å². The van der Waals surface area contributed by atoms with E-state index < -0.39 is 0 Å². The smallest absolute Gasteiger partial charge is 0.234 e. The fourth-order valence-corrected chi connectivity index (χ4v) is 1.89. The summed E-state index contributed by atoms with van der Waals surface area (Å²) in [5, 5.41) is 2.99. The van der Waals surface area contributed by atoms with Crippen LogP contribution in [0.3, 0.4) is 0 Å². The quantitative estimate of drug-likeness (QED) is 0.865. The summed E-state index contributed by atoms with van der Waals surface area (Å²) in [5.41, 5.74) is 1.04. The van der Waals surface area contributed by atoms with Gasteiger partial charge >= 0.3 is 0 Å². The average Bonchev–Trinajstić information content (AvgIpc) is 2.56. The molecule has 1 aromatic heterocycles. The third kappa shape index (κ3) is 3.60. The molecule has 2 atom stereocenters. The minimum atomic E-state index is -0.154. The summed E-state index contributed by atoms with van der Waals surface area (Å²) in [7, 11) is 0. The normalized spacial score (nSPS) is 14.8. The number of furan rings is 1. The Hall–Kier alpha value is -0.770. The van der Waals surface area contributed by atoms with Crippen molar-refractivity contribution in [2.24, 2.45) is 5.92 Å². The molecule has 0 radical (unpaired) electrons. The van der Waals surface area contributed by atoms with E-state index >= 15 is 0 Å². The van der Waals surface area contributed by atoms with Crippen LogP contribution in [0.4, 0.5) is 0 Å². The van der Waals surface area contributed by atoms with Gasteiger partial charge in [0.25, 0.3) is 0 Å². The molecule has 0 aromatic carbocycles. The molecular weight excluding hydrogens is 282 g/mol. The van der Waals surface area contributed by atoms with Crippen LogP contribution in [0.5, 0.6) is 0 Å². The molecule has 0 fully saturated rings. The Labute approximate surface area is 111 Å². The Morgan fingerprint density at radius 3 is 2.35 bits per heavy atom. The summed E-state index contributed by atoms with van der Waals surface area (Å²) >= 11 is 3.40. The number of amides is 1. The summed E-state index contributed by atoms with van der Waals surface area (Å²) in [5.74, 6) is 2.03. The molecule has 1 rings (SSSR count). The molecular formula is C13H20BrNO2. The molecule has 1 N–H and O–H groups in total. The number of alkyl halides is 1. The van der Waals surface area contributed by atoms with Gasteiger partial charge in [0.1, 0.15) is 11.5 Å². The SMILES string of the molecule is Cc1cc(C(C)NC(=O)C(Br)C(C)C)c(C)o1. The first-order chi connectivity index (χ1) is 7.82. The second-order valence-corrected chi connectivity index (χ2v) is 5.73. The second-order valence-electron chi connectivity index (χ2n) is 4.74. The molecule has 96 valence electrons. The predicted octanol–water partition coefficient (Wildman–Crippen LogP) is 3.49. The lowest BCUT2D eigenvalue weighted by Crippen LogP contribution is -2.35. The maximum atomic E-state index is 11.9. The molecule has 0 aliphatic heterocycles. The molecule has 0 spiro atoms. The summed E-state index contributed by atoms with van der Waals surface area (Å²) < 4.78 is 5.46. The third-order valence-electron chi connectivity index (χ3n) is 2.74. The second kappa shape index (κ2) is 5.71. The highest BCUT2D eigenvalue weighted by atomic mass is 79.9. The first-order valence-corrected chi connectivity index (χ1v) is 6.76. The Kier molecular flexibility index (Phi) is 4.80. The van der Waals surface area contributed by atoms with Gasteiger partial charge in [-0.1, -0.05) is 29.8 Å². The van der Waals surface area contributed by atoms with Gasteiger partial charge in [-0.25, -0.2) is 0 Å². The zero-order chi connectivity index (χ0) is 13.2. The molecule has 1 heterocycles. The largest absolute Gasteiger partial charge is 0.466 e. The molecule has 0 saturated carbocycles. The Bertz CT molecular complexity index is 398. The summed E-state index contributed by atoms with van der Waals surface area (Å²) in [4.78, 5) is 11.7. The standard InChI is InChI=1S/C13H20BrNO2/c1-7(2)12(14)13(16)15-9(4)11-6-8(3)17-10(11)5/h6-7,9,12H,1-5H3,(H,15,16). The third-order valence-corrected chi connectivity index (χ3v) is 4.21. The molecule has 1 aromatic rings. The Balaban J connectivity index is 2.70. The van der Waals surface area contributed by atoms with Crippen molar-refractivity contribution in [3.63, 3.8) is 0 Å². The highest BCUT2D eigenvalue weighted by Crippen LogP contribution is 2.22. The van der Waals surface area contributed by atoms with Crippen molar-refractivity contribution in [3.05, 3.63) is 23.2 Å². The van der Waals surface area contributed by atoms with Crippen LogP contribution in [-0.2, 0) is 4.79 Å². The Morgan fingerprint density at radius 2 is 1.94 bits per heavy atom. The van der Waals surface area contributed by atoms with E-state index in [1.807, 2.05) is 40.7 Å². The van der Waals surface area contributed by atoms with Gasteiger partial charge in [0, 0.05) is 5.56 Å². The van der Waals surface area contributed by atoms with E-state index in [9.17, 15) is 4.79 Å². The lowest BCUT2D eigenvalue weighted by atomic mass is 10.1. The number of hydrogen-bond donors (Lipinski definition) is 1. The highest BCUT2D eigenvalue weighted by molar-refractivity contribution is 9.10. The lowest BCUT2D eigenvalue weighted by Gasteiger charge is -2.18. The van der Waals surface area contributed by atoms with Crippen LogP contribution in [0.2, 0.25) is 0 Å². The van der Waals surface area contributed by atoms with Crippen LogP contribution in [0.25, 0.3) is 0 Å². The van der Waals surface area contributed by atoms with Crippen LogP contribution < -0.4 is 5.32 Å². The molecule has 2 unspecified atom stereocenters. The lowest BCUT2D eigenvalue weighted by molar-refractivity contribution is -0.121. The van der Waals surface area contributed by atoms with Crippen molar-refractivity contribution < 1.29 is 9.21 Å². The van der Waals surface area contributed by atoms with Crippen molar-refractivity contribution in [3.8, 4) is 0 Å². The van der Waals surface area contributed by atoms with Crippen LogP contribution in [0.1, 0.15) is 43.9 Å². The van der Waals surface area contributed by atoms with Gasteiger partial charge < -0.3 is 9.73 Å². The van der Waals surface area contributed by atoms with Gasteiger partial charge in [-0.2, -0.15) is 0 Å². The van der Waals surface area contributed by atoms with E-state index in [1.165, 1.54) is 0 Å². The zero-order valence-corrected chi connectivity index (χ0v) is 12.6. The van der Waals surface area contributed by atoms with Crippen molar-refractivity contribution >= 4 is 21.8 Å². The number of carbonyl (C=O) groups excluding carboxylic acids is 1. The monoisotopic (exact) mass is 301 g/mol. The number of hydrogen-bond acceptors (Lipinski definition) is 2. The van der Waals surface area contributed by atoms with Gasteiger partial charge in [0.2, 0.25) is 5.91 Å². The number of halogens is 1. The topological polar surface area (TPSA) is 42.2 Å².